The molecule has 1 N–H and O–H groups in total. The Morgan fingerprint density at radius 3 is 2.71 bits per heavy atom. The number of amides is 1. The minimum atomic E-state index is -0.184. The van der Waals surface area contributed by atoms with E-state index >= 15 is 0 Å². The Morgan fingerprint density at radius 2 is 2.00 bits per heavy atom. The van der Waals surface area contributed by atoms with Crippen molar-refractivity contribution >= 4 is 23.3 Å². The van der Waals surface area contributed by atoms with Crippen LogP contribution in [0.15, 0.2) is 22.6 Å². The minimum Gasteiger partial charge on any atom is -0.402 e. The Kier molecular flexibility index (Phi) is 4.44. The van der Waals surface area contributed by atoms with E-state index in [1.54, 1.807) is 0 Å². The van der Waals surface area contributed by atoms with Gasteiger partial charge < -0.3 is 4.42 Å². The van der Waals surface area contributed by atoms with E-state index < -0.39 is 0 Å². The first-order chi connectivity index (χ1) is 11.4. The lowest BCUT2D eigenvalue weighted by Gasteiger charge is -2.06. The number of aromatic nitrogens is 3. The van der Waals surface area contributed by atoms with Gasteiger partial charge in [0.25, 0.3) is 5.89 Å². The molecule has 3 aromatic rings. The number of nitrogens with zero attached hydrogens (tertiary/aromatic N) is 3. The monoisotopic (exact) mass is 342 g/mol. The van der Waals surface area contributed by atoms with Gasteiger partial charge in [0.2, 0.25) is 5.91 Å². The molecule has 0 aliphatic heterocycles. The molecule has 3 rings (SSSR count). The van der Waals surface area contributed by atoms with Crippen molar-refractivity contribution in [2.24, 2.45) is 0 Å². The van der Waals surface area contributed by atoms with Crippen molar-refractivity contribution in [3.05, 3.63) is 45.6 Å². The van der Waals surface area contributed by atoms with Crippen LogP contribution < -0.4 is 5.32 Å². The number of hydrogen-bond acceptors (Lipinski definition) is 6. The molecule has 0 aliphatic carbocycles. The molecule has 0 saturated carbocycles. The maximum Gasteiger partial charge on any atom is 0.322 e. The van der Waals surface area contributed by atoms with Gasteiger partial charge >= 0.3 is 6.01 Å². The van der Waals surface area contributed by atoms with Crippen LogP contribution in [0.3, 0.4) is 0 Å². The fourth-order valence-electron chi connectivity index (χ4n) is 2.42. The lowest BCUT2D eigenvalue weighted by Crippen LogP contribution is -2.15. The zero-order valence-electron chi connectivity index (χ0n) is 14.0. The van der Waals surface area contributed by atoms with Crippen LogP contribution in [0.5, 0.6) is 0 Å². The number of benzene rings is 1. The van der Waals surface area contributed by atoms with E-state index in [9.17, 15) is 4.79 Å². The highest BCUT2D eigenvalue weighted by molar-refractivity contribution is 7.15. The number of thiazole rings is 1. The summed E-state index contributed by atoms with van der Waals surface area (Å²) >= 11 is 1.49. The molecule has 7 heteroatoms. The van der Waals surface area contributed by atoms with Crippen molar-refractivity contribution in [2.45, 2.75) is 34.1 Å². The molecule has 0 fully saturated rings. The first-order valence-electron chi connectivity index (χ1n) is 7.56. The van der Waals surface area contributed by atoms with E-state index in [1.807, 2.05) is 45.9 Å². The number of anilines is 1. The quantitative estimate of drug-likeness (QED) is 0.783. The number of aryl methyl sites for hydroxylation is 4. The second-order valence-corrected chi connectivity index (χ2v) is 6.92. The van der Waals surface area contributed by atoms with Crippen LogP contribution in [-0.4, -0.2) is 21.1 Å². The van der Waals surface area contributed by atoms with E-state index in [2.05, 4.69) is 20.5 Å². The van der Waals surface area contributed by atoms with Gasteiger partial charge in [-0.2, -0.15) is 0 Å². The lowest BCUT2D eigenvalue weighted by atomic mass is 10.0. The van der Waals surface area contributed by atoms with E-state index in [1.165, 1.54) is 11.3 Å². The molecule has 0 aliphatic rings. The van der Waals surface area contributed by atoms with Crippen molar-refractivity contribution in [3.8, 4) is 10.8 Å². The molecule has 124 valence electrons. The van der Waals surface area contributed by atoms with E-state index in [-0.39, 0.29) is 18.3 Å². The second-order valence-electron chi connectivity index (χ2n) is 5.71. The average Bonchev–Trinajstić information content (AvgIpc) is 3.09. The van der Waals surface area contributed by atoms with Crippen molar-refractivity contribution in [3.63, 3.8) is 0 Å². The van der Waals surface area contributed by atoms with Gasteiger partial charge in [0.15, 0.2) is 0 Å². The zero-order valence-corrected chi connectivity index (χ0v) is 14.8. The molecule has 0 radical (unpaired) electrons. The molecule has 0 saturated heterocycles. The van der Waals surface area contributed by atoms with Gasteiger partial charge in [-0.05, 0) is 38.8 Å². The van der Waals surface area contributed by atoms with Crippen molar-refractivity contribution < 1.29 is 9.21 Å². The highest BCUT2D eigenvalue weighted by Gasteiger charge is 2.16. The molecule has 2 aromatic heterocycles. The summed E-state index contributed by atoms with van der Waals surface area (Å²) in [5.74, 6) is 0.191. The molecule has 24 heavy (non-hydrogen) atoms. The molecule has 2 heterocycles. The van der Waals surface area contributed by atoms with Crippen molar-refractivity contribution in [2.75, 3.05) is 5.32 Å². The fraction of sp³-hybridized carbons (Fsp3) is 0.294. The Morgan fingerprint density at radius 1 is 1.21 bits per heavy atom. The van der Waals surface area contributed by atoms with Crippen molar-refractivity contribution in [1.82, 2.24) is 15.2 Å². The summed E-state index contributed by atoms with van der Waals surface area (Å²) < 4.78 is 5.54. The molecular weight excluding hydrogens is 324 g/mol. The molecule has 0 bridgehead atoms. The van der Waals surface area contributed by atoms with Gasteiger partial charge in [-0.1, -0.05) is 28.9 Å². The van der Waals surface area contributed by atoms with Crippen LogP contribution in [0.2, 0.25) is 0 Å². The predicted molar refractivity (Wildman–Crippen MR) is 93.1 cm³/mol. The Balaban J connectivity index is 1.71. The third-order valence-corrected chi connectivity index (χ3v) is 4.69. The van der Waals surface area contributed by atoms with Crippen LogP contribution >= 0.6 is 11.3 Å². The third-order valence-electron chi connectivity index (χ3n) is 3.62. The topological polar surface area (TPSA) is 80.9 Å². The van der Waals surface area contributed by atoms with Crippen LogP contribution in [0, 0.1) is 27.7 Å². The van der Waals surface area contributed by atoms with Gasteiger partial charge in [-0.3, -0.25) is 10.1 Å². The van der Waals surface area contributed by atoms with Gasteiger partial charge in [0, 0.05) is 0 Å². The molecule has 0 spiro atoms. The van der Waals surface area contributed by atoms with Crippen molar-refractivity contribution in [1.29, 1.82) is 0 Å². The normalized spacial score (nSPS) is 10.8. The molecular formula is C17H18N4O2S. The molecule has 1 amide bonds. The summed E-state index contributed by atoms with van der Waals surface area (Å²) in [6, 6.07) is 6.15. The SMILES string of the molecule is Cc1ccc(C)c(CC(=O)Nc2nnc(-c3sc(C)nc3C)o2)c1. The first kappa shape index (κ1) is 16.3. The highest BCUT2D eigenvalue weighted by Crippen LogP contribution is 2.29. The third kappa shape index (κ3) is 3.51. The minimum absolute atomic E-state index is 0.103. The summed E-state index contributed by atoms with van der Waals surface area (Å²) in [6.07, 6.45) is 0.268. The van der Waals surface area contributed by atoms with Crippen LogP contribution in [0.4, 0.5) is 6.01 Å². The van der Waals surface area contributed by atoms with E-state index in [0.717, 1.165) is 32.3 Å². The van der Waals surface area contributed by atoms with Gasteiger partial charge in [0.1, 0.15) is 4.88 Å². The number of nitrogens with one attached hydrogen (secondary N) is 1. The van der Waals surface area contributed by atoms with Crippen LogP contribution in [0.25, 0.3) is 10.8 Å². The maximum atomic E-state index is 12.2. The predicted octanol–water partition coefficient (Wildman–Crippen LogP) is 3.61. The Hall–Kier alpha value is -2.54. The van der Waals surface area contributed by atoms with Gasteiger partial charge in [0.05, 0.1) is 17.1 Å². The number of hydrogen-bond donors (Lipinski definition) is 1. The summed E-state index contributed by atoms with van der Waals surface area (Å²) in [4.78, 5) is 17.4. The second kappa shape index (κ2) is 6.52. The standard InChI is InChI=1S/C17H18N4O2S/c1-9-5-6-10(2)13(7-9)8-14(22)19-17-21-20-16(23-17)15-11(3)18-12(4)24-15/h5-7H,8H2,1-4H3,(H,19,21,22). The number of carbonyl (C=O) groups is 1. The fourth-order valence-corrected chi connectivity index (χ4v) is 3.26. The summed E-state index contributed by atoms with van der Waals surface area (Å²) in [5.41, 5.74) is 4.04. The summed E-state index contributed by atoms with van der Waals surface area (Å²) in [6.45, 7) is 7.80. The highest BCUT2D eigenvalue weighted by atomic mass is 32.1. The Labute approximate surface area is 144 Å². The largest absolute Gasteiger partial charge is 0.402 e. The van der Waals surface area contributed by atoms with Gasteiger partial charge in [-0.25, -0.2) is 4.98 Å². The average molecular weight is 342 g/mol. The Bertz CT molecular complexity index is 898. The first-order valence-corrected chi connectivity index (χ1v) is 8.38. The lowest BCUT2D eigenvalue weighted by molar-refractivity contribution is -0.115. The number of rotatable bonds is 4. The molecule has 1 aromatic carbocycles. The van der Waals surface area contributed by atoms with Crippen LogP contribution in [-0.2, 0) is 11.2 Å². The molecule has 0 atom stereocenters. The van der Waals surface area contributed by atoms with Crippen LogP contribution in [0.1, 0.15) is 27.4 Å². The zero-order chi connectivity index (χ0) is 17.3. The summed E-state index contributed by atoms with van der Waals surface area (Å²) in [7, 11) is 0. The maximum absolute atomic E-state index is 12.2. The summed E-state index contributed by atoms with van der Waals surface area (Å²) in [5, 5.41) is 11.5. The smallest absolute Gasteiger partial charge is 0.322 e. The van der Waals surface area contributed by atoms with E-state index in [0.29, 0.717) is 5.89 Å². The van der Waals surface area contributed by atoms with Gasteiger partial charge in [-0.15, -0.1) is 16.4 Å². The molecule has 0 unspecified atom stereocenters. The molecule has 6 nitrogen and oxygen atoms in total. The van der Waals surface area contributed by atoms with E-state index in [4.69, 9.17) is 4.42 Å². The number of carbonyl (C=O) groups excluding carboxylic acids is 1.